The third-order valence-corrected chi connectivity index (χ3v) is 5.69. The van der Waals surface area contributed by atoms with E-state index < -0.39 is 0 Å². The molecule has 0 radical (unpaired) electrons. The standard InChI is InChI=1S/C24H22FN5/c25-22-12-10-20(11-13-22)23(29-15-14-19-8-4-5-9-21(19)17-29)24-26-27-28-30(24)16-18-6-2-1-3-7-18/h1-13,23H,14-17H2/t23-/m0/s1. The molecule has 0 spiro atoms. The van der Waals surface area contributed by atoms with Gasteiger partial charge >= 0.3 is 0 Å². The number of aromatic nitrogens is 4. The van der Waals surface area contributed by atoms with E-state index >= 15 is 0 Å². The van der Waals surface area contributed by atoms with Gasteiger partial charge < -0.3 is 0 Å². The number of halogens is 1. The summed E-state index contributed by atoms with van der Waals surface area (Å²) in [6.07, 6.45) is 0.966. The lowest BCUT2D eigenvalue weighted by Crippen LogP contribution is -2.36. The normalized spacial score (nSPS) is 15.0. The van der Waals surface area contributed by atoms with E-state index in [1.54, 1.807) is 0 Å². The van der Waals surface area contributed by atoms with E-state index in [-0.39, 0.29) is 11.9 Å². The molecule has 4 aromatic rings. The van der Waals surface area contributed by atoms with E-state index in [0.717, 1.165) is 36.5 Å². The maximum Gasteiger partial charge on any atom is 0.173 e. The van der Waals surface area contributed by atoms with E-state index in [9.17, 15) is 4.39 Å². The smallest absolute Gasteiger partial charge is 0.173 e. The first kappa shape index (κ1) is 18.6. The lowest BCUT2D eigenvalue weighted by molar-refractivity contribution is 0.195. The van der Waals surface area contributed by atoms with Gasteiger partial charge in [0, 0.05) is 13.1 Å². The molecule has 0 saturated heterocycles. The van der Waals surface area contributed by atoms with Gasteiger partial charge in [-0.05, 0) is 51.2 Å². The summed E-state index contributed by atoms with van der Waals surface area (Å²) in [5, 5.41) is 12.7. The second kappa shape index (κ2) is 8.16. The van der Waals surface area contributed by atoms with Gasteiger partial charge in [0.05, 0.1) is 12.6 Å². The Morgan fingerprint density at radius 2 is 1.60 bits per heavy atom. The van der Waals surface area contributed by atoms with Gasteiger partial charge in [0.15, 0.2) is 5.82 Å². The molecule has 2 heterocycles. The third kappa shape index (κ3) is 3.74. The maximum absolute atomic E-state index is 13.6. The lowest BCUT2D eigenvalue weighted by Gasteiger charge is -2.35. The molecule has 1 aliphatic heterocycles. The minimum absolute atomic E-state index is 0.155. The number of hydrogen-bond donors (Lipinski definition) is 0. The van der Waals surface area contributed by atoms with E-state index in [2.05, 4.69) is 56.8 Å². The van der Waals surface area contributed by atoms with Crippen molar-refractivity contribution in [3.63, 3.8) is 0 Å². The first-order valence-corrected chi connectivity index (χ1v) is 10.1. The predicted molar refractivity (Wildman–Crippen MR) is 112 cm³/mol. The molecule has 6 heteroatoms. The van der Waals surface area contributed by atoms with Crippen LogP contribution >= 0.6 is 0 Å². The highest BCUT2D eigenvalue weighted by Crippen LogP contribution is 2.32. The molecule has 0 fully saturated rings. The highest BCUT2D eigenvalue weighted by atomic mass is 19.1. The minimum Gasteiger partial charge on any atom is -0.285 e. The summed E-state index contributed by atoms with van der Waals surface area (Å²) in [5.74, 6) is 0.523. The Bertz CT molecular complexity index is 1120. The lowest BCUT2D eigenvalue weighted by atomic mass is 9.96. The van der Waals surface area contributed by atoms with Crippen molar-refractivity contribution in [1.29, 1.82) is 0 Å². The number of benzene rings is 3. The second-order valence-corrected chi connectivity index (χ2v) is 7.62. The topological polar surface area (TPSA) is 46.8 Å². The van der Waals surface area contributed by atoms with Crippen molar-refractivity contribution in [2.45, 2.75) is 25.6 Å². The minimum atomic E-state index is -0.245. The van der Waals surface area contributed by atoms with Crippen LogP contribution in [0.3, 0.4) is 0 Å². The first-order valence-electron chi connectivity index (χ1n) is 10.1. The van der Waals surface area contributed by atoms with E-state index in [0.29, 0.717) is 6.54 Å². The summed E-state index contributed by atoms with van der Waals surface area (Å²) in [4.78, 5) is 2.38. The van der Waals surface area contributed by atoms with Crippen LogP contribution in [-0.2, 0) is 19.5 Å². The van der Waals surface area contributed by atoms with Crippen LogP contribution in [0.25, 0.3) is 0 Å². The molecule has 5 nitrogen and oxygen atoms in total. The Hall–Kier alpha value is -3.38. The zero-order valence-corrected chi connectivity index (χ0v) is 16.5. The van der Waals surface area contributed by atoms with Gasteiger partial charge in [0.1, 0.15) is 5.82 Å². The summed E-state index contributed by atoms with van der Waals surface area (Å²) in [6, 6.07) is 25.2. The SMILES string of the molecule is Fc1ccc([C@@H](c2nnnn2Cc2ccccc2)N2CCc3ccccc3C2)cc1. The fourth-order valence-corrected chi connectivity index (χ4v) is 4.18. The summed E-state index contributed by atoms with van der Waals surface area (Å²) < 4.78 is 15.5. The molecular weight excluding hydrogens is 377 g/mol. The van der Waals surface area contributed by atoms with E-state index in [4.69, 9.17) is 0 Å². The maximum atomic E-state index is 13.6. The van der Waals surface area contributed by atoms with Crippen LogP contribution in [0.15, 0.2) is 78.9 Å². The average molecular weight is 399 g/mol. The van der Waals surface area contributed by atoms with Crippen LogP contribution in [0.4, 0.5) is 4.39 Å². The summed E-state index contributed by atoms with van der Waals surface area (Å²) in [5.41, 5.74) is 4.82. The highest BCUT2D eigenvalue weighted by Gasteiger charge is 2.30. The molecule has 150 valence electrons. The van der Waals surface area contributed by atoms with Gasteiger partial charge in [-0.15, -0.1) is 5.10 Å². The van der Waals surface area contributed by atoms with Crippen LogP contribution in [0.1, 0.15) is 34.1 Å². The molecule has 3 aromatic carbocycles. The predicted octanol–water partition coefficient (Wildman–Crippen LogP) is 4.01. The Kier molecular flexibility index (Phi) is 5.07. The van der Waals surface area contributed by atoms with Crippen LogP contribution in [0, 0.1) is 5.82 Å². The van der Waals surface area contributed by atoms with Gasteiger partial charge in [-0.2, -0.15) is 0 Å². The van der Waals surface area contributed by atoms with E-state index in [1.165, 1.54) is 23.3 Å². The molecule has 30 heavy (non-hydrogen) atoms. The molecule has 0 unspecified atom stereocenters. The Morgan fingerprint density at radius 3 is 2.40 bits per heavy atom. The zero-order valence-electron chi connectivity index (χ0n) is 16.5. The van der Waals surface area contributed by atoms with Crippen molar-refractivity contribution in [3.8, 4) is 0 Å². The van der Waals surface area contributed by atoms with Crippen molar-refractivity contribution in [3.05, 3.63) is 113 Å². The number of rotatable bonds is 5. The number of nitrogens with zero attached hydrogens (tertiary/aromatic N) is 5. The molecule has 0 bridgehead atoms. The van der Waals surface area contributed by atoms with Crippen molar-refractivity contribution < 1.29 is 4.39 Å². The monoisotopic (exact) mass is 399 g/mol. The number of fused-ring (bicyclic) bond motifs is 1. The largest absolute Gasteiger partial charge is 0.285 e. The second-order valence-electron chi connectivity index (χ2n) is 7.62. The van der Waals surface area contributed by atoms with E-state index in [1.807, 2.05) is 35.0 Å². The summed E-state index contributed by atoms with van der Waals surface area (Å²) in [7, 11) is 0. The van der Waals surface area contributed by atoms with Crippen LogP contribution in [-0.4, -0.2) is 31.7 Å². The summed E-state index contributed by atoms with van der Waals surface area (Å²) in [6.45, 7) is 2.28. The van der Waals surface area contributed by atoms with Gasteiger partial charge in [0.2, 0.25) is 0 Å². The summed E-state index contributed by atoms with van der Waals surface area (Å²) >= 11 is 0. The quantitative estimate of drug-likeness (QED) is 0.509. The highest BCUT2D eigenvalue weighted by molar-refractivity contribution is 5.32. The first-order chi connectivity index (χ1) is 14.8. The zero-order chi connectivity index (χ0) is 20.3. The Labute approximate surface area is 174 Å². The molecule has 1 atom stereocenters. The van der Waals surface area contributed by atoms with Gasteiger partial charge in [-0.25, -0.2) is 9.07 Å². The van der Waals surface area contributed by atoms with Crippen molar-refractivity contribution in [2.24, 2.45) is 0 Å². The Balaban J connectivity index is 1.53. The van der Waals surface area contributed by atoms with Crippen LogP contribution in [0.2, 0.25) is 0 Å². The molecule has 0 saturated carbocycles. The molecule has 0 aliphatic carbocycles. The molecular formula is C24H22FN5. The van der Waals surface area contributed by atoms with Crippen LogP contribution in [0.5, 0.6) is 0 Å². The fourth-order valence-electron chi connectivity index (χ4n) is 4.18. The van der Waals surface area contributed by atoms with Crippen LogP contribution < -0.4 is 0 Å². The van der Waals surface area contributed by atoms with Gasteiger partial charge in [-0.1, -0.05) is 66.7 Å². The van der Waals surface area contributed by atoms with Crippen molar-refractivity contribution in [2.75, 3.05) is 6.54 Å². The van der Waals surface area contributed by atoms with Crippen molar-refractivity contribution in [1.82, 2.24) is 25.1 Å². The third-order valence-electron chi connectivity index (χ3n) is 5.69. The molecule has 1 aliphatic rings. The van der Waals surface area contributed by atoms with Gasteiger partial charge in [-0.3, -0.25) is 4.90 Å². The molecule has 5 rings (SSSR count). The fraction of sp³-hybridized carbons (Fsp3) is 0.208. The molecule has 0 amide bonds. The Morgan fingerprint density at radius 1 is 0.867 bits per heavy atom. The number of hydrogen-bond acceptors (Lipinski definition) is 4. The number of tetrazole rings is 1. The molecule has 1 aromatic heterocycles. The molecule has 0 N–H and O–H groups in total. The van der Waals surface area contributed by atoms with Crippen molar-refractivity contribution >= 4 is 0 Å². The van der Waals surface area contributed by atoms with Gasteiger partial charge in [0.25, 0.3) is 0 Å². The average Bonchev–Trinajstić information content (AvgIpc) is 3.23.